The van der Waals surface area contributed by atoms with Crippen molar-refractivity contribution in [2.75, 3.05) is 26.2 Å². The summed E-state index contributed by atoms with van der Waals surface area (Å²) in [6, 6.07) is 21.7. The fourth-order valence-corrected chi connectivity index (χ4v) is 15.6. The van der Waals surface area contributed by atoms with Crippen molar-refractivity contribution in [3.8, 4) is 0 Å². The Bertz CT molecular complexity index is 1740. The zero-order valence-electron chi connectivity index (χ0n) is 35.0. The third-order valence-electron chi connectivity index (χ3n) is 18.3. The van der Waals surface area contributed by atoms with Crippen molar-refractivity contribution < 1.29 is 9.59 Å². The molecule has 2 saturated heterocycles. The number of amides is 4. The molecule has 0 radical (unpaired) electrons. The zero-order chi connectivity index (χ0) is 38.7. The third-order valence-corrected chi connectivity index (χ3v) is 18.3. The Balaban J connectivity index is 0.556. The van der Waals surface area contributed by atoms with Gasteiger partial charge in [0.2, 0.25) is 0 Å². The summed E-state index contributed by atoms with van der Waals surface area (Å²) in [5.41, 5.74) is 6.36. The number of nitrogens with one attached hydrogen (secondary N) is 4. The van der Waals surface area contributed by atoms with E-state index in [0.29, 0.717) is 48.1 Å². The molecule has 11 rings (SSSR count). The smallest absolute Gasteiger partial charge is 0.315 e. The molecule has 2 aromatic carbocycles. The monoisotopic (exact) mass is 787 g/mol. The maximum absolute atomic E-state index is 13.1. The number of rotatable bonds is 12. The molecule has 2 aromatic rings. The molecule has 5 aliphatic carbocycles. The molecule has 7 fully saturated rings. The van der Waals surface area contributed by atoms with E-state index in [1.54, 1.807) is 22.3 Å². The molecule has 4 heterocycles. The lowest BCUT2D eigenvalue weighted by atomic mass is 9.73. The van der Waals surface area contributed by atoms with Crippen LogP contribution in [0.4, 0.5) is 9.59 Å². The maximum atomic E-state index is 13.1. The van der Waals surface area contributed by atoms with Crippen LogP contribution < -0.4 is 21.3 Å². The van der Waals surface area contributed by atoms with E-state index in [0.717, 1.165) is 74.3 Å². The van der Waals surface area contributed by atoms with Crippen molar-refractivity contribution in [2.24, 2.45) is 47.3 Å². The summed E-state index contributed by atoms with van der Waals surface area (Å²) >= 11 is 0. The molecule has 9 aliphatic rings. The third kappa shape index (κ3) is 7.08. The van der Waals surface area contributed by atoms with Crippen molar-refractivity contribution in [3.63, 3.8) is 0 Å². The molecule has 312 valence electrons. The molecule has 4 unspecified atom stereocenters. The molecule has 5 saturated carbocycles. The van der Waals surface area contributed by atoms with Crippen LogP contribution in [0.3, 0.4) is 0 Å². The highest BCUT2D eigenvalue weighted by Crippen LogP contribution is 2.62. The Morgan fingerprint density at radius 1 is 0.500 bits per heavy atom. The van der Waals surface area contributed by atoms with Crippen LogP contribution in [0.5, 0.6) is 0 Å². The first kappa shape index (κ1) is 37.9. The molecular weight excluding hydrogens is 717 g/mol. The van der Waals surface area contributed by atoms with Crippen LogP contribution in [0.15, 0.2) is 48.5 Å². The van der Waals surface area contributed by atoms with Gasteiger partial charge in [-0.15, -0.1) is 0 Å². The van der Waals surface area contributed by atoms with Crippen LogP contribution >= 0.6 is 0 Å². The van der Waals surface area contributed by atoms with Crippen molar-refractivity contribution >= 4 is 12.1 Å². The van der Waals surface area contributed by atoms with Gasteiger partial charge in [-0.1, -0.05) is 48.5 Å². The Morgan fingerprint density at radius 3 is 1.41 bits per heavy atom. The number of carbonyl (C=O) groups excluding carboxylic acids is 2. The van der Waals surface area contributed by atoms with Gasteiger partial charge in [-0.05, 0) is 198 Å². The molecule has 8 heteroatoms. The van der Waals surface area contributed by atoms with E-state index in [4.69, 9.17) is 0 Å². The highest BCUT2D eigenvalue weighted by atomic mass is 16.2. The van der Waals surface area contributed by atoms with E-state index in [2.05, 4.69) is 79.6 Å². The van der Waals surface area contributed by atoms with Gasteiger partial charge >= 0.3 is 12.1 Å². The fourth-order valence-electron chi connectivity index (χ4n) is 15.6. The van der Waals surface area contributed by atoms with Gasteiger partial charge < -0.3 is 21.3 Å². The van der Waals surface area contributed by atoms with Gasteiger partial charge in [-0.3, -0.25) is 9.80 Å². The standard InChI is InChI=1S/C50H70N6O2/c57-49(53-36-14-9-31(10-15-36)23-25-55-44-19-20-45(55)39-6-2-1-5-38(39)44)51-29-33-13-18-42-43-28-34(48(33)42)27-35(43)30-52-50(58)54-37-16-11-32(12-17-37)24-26-56-46-21-22-47(56)41-8-4-3-7-40(41)46/h1-8,31-37,42-48H,9-30H2,(H2,51,53,57)(H2,52,54,58)/t31?,32?,33?,34-,35?,36?,37?,42?,43-,44-,45+,46-,47+,48?/m0/s1. The van der Waals surface area contributed by atoms with Crippen LogP contribution in [-0.4, -0.2) is 60.1 Å². The van der Waals surface area contributed by atoms with Crippen LogP contribution in [0.1, 0.15) is 162 Å². The molecule has 6 bridgehead atoms. The quantitative estimate of drug-likeness (QED) is 0.173. The maximum Gasteiger partial charge on any atom is 0.315 e. The van der Waals surface area contributed by atoms with Crippen molar-refractivity contribution in [3.05, 3.63) is 70.8 Å². The van der Waals surface area contributed by atoms with Crippen LogP contribution in [0.25, 0.3) is 0 Å². The van der Waals surface area contributed by atoms with Gasteiger partial charge in [-0.25, -0.2) is 9.59 Å². The number of urea groups is 2. The number of hydrogen-bond acceptors (Lipinski definition) is 4. The first-order valence-electron chi connectivity index (χ1n) is 24.3. The molecule has 10 atom stereocenters. The number of hydrogen-bond donors (Lipinski definition) is 4. The fraction of sp³-hybridized carbons (Fsp3) is 0.720. The van der Waals surface area contributed by atoms with E-state index >= 15 is 0 Å². The van der Waals surface area contributed by atoms with Crippen LogP contribution in [0.2, 0.25) is 0 Å². The van der Waals surface area contributed by atoms with Crippen molar-refractivity contribution in [1.29, 1.82) is 0 Å². The molecular formula is C50H70N6O2. The van der Waals surface area contributed by atoms with E-state index < -0.39 is 0 Å². The van der Waals surface area contributed by atoms with Gasteiger partial charge in [0.15, 0.2) is 0 Å². The van der Waals surface area contributed by atoms with E-state index in [1.807, 2.05) is 0 Å². The van der Waals surface area contributed by atoms with Gasteiger partial charge in [0, 0.05) is 49.3 Å². The van der Waals surface area contributed by atoms with E-state index in [9.17, 15) is 9.59 Å². The SMILES string of the molecule is O=C(NCC1CCC2C1[C@H]1CC(CNC(=O)NC3CCC(CCN4[C@@H]5CC[C@H]4c4ccccc45)CC3)[C@@H]2C1)NC1CCC(CCN2[C@@H]3CC[C@H]2c2ccccc23)CC1. The minimum atomic E-state index is 0.0577. The summed E-state index contributed by atoms with van der Waals surface area (Å²) in [5.74, 6) is 5.87. The largest absolute Gasteiger partial charge is 0.338 e. The normalized spacial score (nSPS) is 39.4. The Morgan fingerprint density at radius 2 is 0.948 bits per heavy atom. The molecule has 4 N–H and O–H groups in total. The lowest BCUT2D eigenvalue weighted by Gasteiger charge is -2.35. The lowest BCUT2D eigenvalue weighted by Crippen LogP contribution is -2.46. The first-order chi connectivity index (χ1) is 28.5. The number of benzene rings is 2. The molecule has 4 aliphatic heterocycles. The van der Waals surface area contributed by atoms with Gasteiger partial charge in [0.1, 0.15) is 0 Å². The van der Waals surface area contributed by atoms with Crippen LogP contribution in [-0.2, 0) is 0 Å². The van der Waals surface area contributed by atoms with E-state index in [1.165, 1.54) is 103 Å². The first-order valence-corrected chi connectivity index (χ1v) is 24.3. The number of nitrogens with zero attached hydrogens (tertiary/aromatic N) is 2. The summed E-state index contributed by atoms with van der Waals surface area (Å²) in [6.07, 6.45) is 22.5. The average Bonchev–Trinajstić information content (AvgIpc) is 4.13. The van der Waals surface area contributed by atoms with Gasteiger partial charge in [0.25, 0.3) is 0 Å². The topological polar surface area (TPSA) is 88.7 Å². The average molecular weight is 787 g/mol. The summed E-state index contributed by atoms with van der Waals surface area (Å²) in [5, 5.41) is 13.4. The second-order valence-electron chi connectivity index (χ2n) is 20.9. The van der Waals surface area contributed by atoms with Gasteiger partial charge in [0.05, 0.1) is 0 Å². The lowest BCUT2D eigenvalue weighted by molar-refractivity contribution is 0.155. The summed E-state index contributed by atoms with van der Waals surface area (Å²) in [7, 11) is 0. The number of carbonyl (C=O) groups is 2. The van der Waals surface area contributed by atoms with Crippen molar-refractivity contribution in [1.82, 2.24) is 31.1 Å². The highest BCUT2D eigenvalue weighted by molar-refractivity contribution is 5.74. The Hall–Kier alpha value is -3.10. The highest BCUT2D eigenvalue weighted by Gasteiger charge is 2.57. The minimum Gasteiger partial charge on any atom is -0.338 e. The minimum absolute atomic E-state index is 0.0577. The molecule has 8 nitrogen and oxygen atoms in total. The summed E-state index contributed by atoms with van der Waals surface area (Å²) in [6.45, 7) is 4.10. The Kier molecular flexibility index (Phi) is 10.5. The molecule has 0 aromatic heterocycles. The van der Waals surface area contributed by atoms with Crippen molar-refractivity contribution in [2.45, 2.75) is 152 Å². The molecule has 4 amide bonds. The second-order valence-corrected chi connectivity index (χ2v) is 20.9. The zero-order valence-corrected chi connectivity index (χ0v) is 35.0. The number of fused-ring (bicyclic) bond motifs is 15. The van der Waals surface area contributed by atoms with Gasteiger partial charge in [-0.2, -0.15) is 0 Å². The predicted molar refractivity (Wildman–Crippen MR) is 229 cm³/mol. The summed E-state index contributed by atoms with van der Waals surface area (Å²) in [4.78, 5) is 31.8. The second kappa shape index (κ2) is 16.1. The summed E-state index contributed by atoms with van der Waals surface area (Å²) < 4.78 is 0. The van der Waals surface area contributed by atoms with Crippen LogP contribution in [0, 0.1) is 47.3 Å². The Labute approximate surface area is 347 Å². The molecule has 0 spiro atoms. The molecule has 58 heavy (non-hydrogen) atoms. The predicted octanol–water partition coefficient (Wildman–Crippen LogP) is 9.56. The van der Waals surface area contributed by atoms with E-state index in [-0.39, 0.29) is 12.1 Å².